The lowest BCUT2D eigenvalue weighted by atomic mass is 9.85. The summed E-state index contributed by atoms with van der Waals surface area (Å²) >= 11 is 0. The maximum absolute atomic E-state index is 11.6. The molecule has 0 unspecified atom stereocenters. The Balaban J connectivity index is 1.24. The summed E-state index contributed by atoms with van der Waals surface area (Å²) in [5, 5.41) is 22.3. The van der Waals surface area contributed by atoms with Gasteiger partial charge in [0.25, 0.3) is 0 Å². The Morgan fingerprint density at radius 3 is 1.76 bits per heavy atom. The summed E-state index contributed by atoms with van der Waals surface area (Å²) in [6, 6.07) is 64.0. The van der Waals surface area contributed by atoms with Gasteiger partial charge in [0, 0.05) is 27.0 Å². The van der Waals surface area contributed by atoms with E-state index >= 15 is 0 Å². The number of nitrogens with zero attached hydrogens (tertiary/aromatic N) is 3. The second-order valence-corrected chi connectivity index (χ2v) is 18.8. The van der Waals surface area contributed by atoms with Crippen LogP contribution in [0.2, 0.25) is 0 Å². The Morgan fingerprint density at radius 1 is 0.478 bits per heavy atom. The molecule has 0 aliphatic heterocycles. The largest absolute Gasteiger partial charge is 0.507 e. The second-order valence-electron chi connectivity index (χ2n) is 18.8. The molecule has 0 aliphatic rings. The molecule has 0 fully saturated rings. The minimum atomic E-state index is -2.48. The highest BCUT2D eigenvalue weighted by Gasteiger charge is 2.24. The maximum Gasteiger partial charge on any atom is 0.149 e. The van der Waals surface area contributed by atoms with E-state index in [0.717, 1.165) is 72.4 Å². The highest BCUT2D eigenvalue weighted by Crippen LogP contribution is 2.43. The molecule has 5 heteroatoms. The SMILES string of the molecule is [2H]C([2H])([2H])c1cc(-n2c(-c3ccccc3O)nc3c(-c4cc(-c5ccccc5)cc(-c5cc(-c6ccc(C(C)(C)O)cc6)ccn5)c4)cccc32)c(-c2ccc(C(C)(C)C)cc2)cc1-c1ccccc1. The number of imidazole rings is 1. The molecule has 2 N–H and O–H groups in total. The van der Waals surface area contributed by atoms with E-state index in [2.05, 4.69) is 87.5 Å². The minimum Gasteiger partial charge on any atom is -0.507 e. The van der Waals surface area contributed by atoms with E-state index in [1.807, 2.05) is 120 Å². The number of fused-ring (bicyclic) bond motifs is 1. The summed E-state index contributed by atoms with van der Waals surface area (Å²) in [4.78, 5) is 10.4. The van der Waals surface area contributed by atoms with Gasteiger partial charge in [0.2, 0.25) is 0 Å². The molecule has 328 valence electrons. The first-order valence-corrected chi connectivity index (χ1v) is 22.7. The molecule has 10 rings (SSSR count). The number of aromatic hydroxyl groups is 1. The first-order valence-electron chi connectivity index (χ1n) is 24.2. The minimum absolute atomic E-state index is 0.0441. The fourth-order valence-corrected chi connectivity index (χ4v) is 9.00. The number of aromatic nitrogens is 3. The number of rotatable bonds is 9. The van der Waals surface area contributed by atoms with Gasteiger partial charge < -0.3 is 10.2 Å². The monoisotopic (exact) mass is 874 g/mol. The van der Waals surface area contributed by atoms with Crippen LogP contribution in [0.25, 0.3) is 95.0 Å². The summed E-state index contributed by atoms with van der Waals surface area (Å²) in [6.45, 7) is 7.64. The number of hydrogen-bond acceptors (Lipinski definition) is 4. The van der Waals surface area contributed by atoms with Gasteiger partial charge in [-0.1, -0.05) is 154 Å². The third-order valence-corrected chi connectivity index (χ3v) is 12.7. The molecule has 5 nitrogen and oxygen atoms in total. The van der Waals surface area contributed by atoms with Gasteiger partial charge in [0.1, 0.15) is 11.6 Å². The third-order valence-electron chi connectivity index (χ3n) is 12.7. The van der Waals surface area contributed by atoms with Crippen molar-refractivity contribution in [2.45, 2.75) is 52.5 Å². The van der Waals surface area contributed by atoms with Crippen LogP contribution < -0.4 is 0 Å². The van der Waals surface area contributed by atoms with Gasteiger partial charge in [-0.15, -0.1) is 0 Å². The van der Waals surface area contributed by atoms with Crippen molar-refractivity contribution < 1.29 is 14.3 Å². The lowest BCUT2D eigenvalue weighted by molar-refractivity contribution is 0.0786. The average molecular weight is 875 g/mol. The normalized spacial score (nSPS) is 12.7. The van der Waals surface area contributed by atoms with Crippen molar-refractivity contribution in [3.63, 3.8) is 0 Å². The molecule has 67 heavy (non-hydrogen) atoms. The average Bonchev–Trinajstić information content (AvgIpc) is 3.75. The van der Waals surface area contributed by atoms with Gasteiger partial charge in [0.15, 0.2) is 0 Å². The van der Waals surface area contributed by atoms with E-state index in [9.17, 15) is 10.2 Å². The molecule has 0 saturated carbocycles. The third kappa shape index (κ3) is 8.46. The topological polar surface area (TPSA) is 71.2 Å². The molecule has 2 aromatic heterocycles. The zero-order valence-electron chi connectivity index (χ0n) is 41.3. The van der Waals surface area contributed by atoms with Crippen LogP contribution in [0.3, 0.4) is 0 Å². The van der Waals surface area contributed by atoms with E-state index in [-0.39, 0.29) is 16.7 Å². The molecule has 0 saturated heterocycles. The molecule has 0 bridgehead atoms. The number of aliphatic hydroxyl groups is 1. The Morgan fingerprint density at radius 2 is 1.07 bits per heavy atom. The van der Waals surface area contributed by atoms with E-state index in [0.29, 0.717) is 28.2 Å². The summed E-state index contributed by atoms with van der Waals surface area (Å²) in [5.41, 5.74) is 14.3. The molecular weight excluding hydrogens is 819 g/mol. The van der Waals surface area contributed by atoms with Crippen LogP contribution in [0.15, 0.2) is 200 Å². The van der Waals surface area contributed by atoms with Crippen molar-refractivity contribution in [3.05, 3.63) is 217 Å². The van der Waals surface area contributed by atoms with Crippen molar-refractivity contribution in [3.8, 4) is 89.7 Å². The number of benzene rings is 8. The summed E-state index contributed by atoms with van der Waals surface area (Å²) in [6.07, 6.45) is 1.83. The van der Waals surface area contributed by atoms with Gasteiger partial charge in [-0.05, 0) is 148 Å². The van der Waals surface area contributed by atoms with Crippen LogP contribution in [0.4, 0.5) is 0 Å². The van der Waals surface area contributed by atoms with Gasteiger partial charge in [-0.2, -0.15) is 0 Å². The Labute approximate surface area is 397 Å². The molecule has 0 amide bonds. The first-order chi connectivity index (χ1) is 33.5. The highest BCUT2D eigenvalue weighted by atomic mass is 16.3. The van der Waals surface area contributed by atoms with Crippen molar-refractivity contribution in [2.75, 3.05) is 0 Å². The molecule has 2 heterocycles. The Kier molecular flexibility index (Phi) is 10.1. The number of para-hydroxylation sites is 2. The Bertz CT molecular complexity index is 3530. The first kappa shape index (κ1) is 39.5. The van der Waals surface area contributed by atoms with Gasteiger partial charge in [-0.25, -0.2) is 4.98 Å². The number of phenols is 1. The zero-order chi connectivity index (χ0) is 49.0. The summed E-state index contributed by atoms with van der Waals surface area (Å²) in [5.74, 6) is 0.504. The van der Waals surface area contributed by atoms with E-state index in [4.69, 9.17) is 14.1 Å². The molecule has 0 spiro atoms. The molecule has 8 aromatic carbocycles. The molecule has 0 atom stereocenters. The van der Waals surface area contributed by atoms with Crippen molar-refractivity contribution >= 4 is 11.0 Å². The van der Waals surface area contributed by atoms with E-state index < -0.39 is 12.5 Å². The Hall–Kier alpha value is -7.86. The van der Waals surface area contributed by atoms with Crippen LogP contribution >= 0.6 is 0 Å². The second kappa shape index (κ2) is 17.2. The molecule has 10 aromatic rings. The van der Waals surface area contributed by atoms with Crippen molar-refractivity contribution in [1.82, 2.24) is 14.5 Å². The van der Waals surface area contributed by atoms with Crippen LogP contribution in [0, 0.1) is 6.85 Å². The zero-order valence-corrected chi connectivity index (χ0v) is 38.3. The predicted molar refractivity (Wildman–Crippen MR) is 277 cm³/mol. The molecular formula is C62H53N3O2. The van der Waals surface area contributed by atoms with Crippen LogP contribution in [-0.2, 0) is 11.0 Å². The molecule has 0 aliphatic carbocycles. The van der Waals surface area contributed by atoms with Crippen LogP contribution in [-0.4, -0.2) is 24.7 Å². The maximum atomic E-state index is 11.6. The number of aryl methyl sites for hydroxylation is 1. The number of pyridine rings is 1. The van der Waals surface area contributed by atoms with E-state index in [1.54, 1.807) is 32.0 Å². The number of phenolic OH excluding ortho intramolecular Hbond substituents is 1. The smallest absolute Gasteiger partial charge is 0.149 e. The quantitative estimate of drug-likeness (QED) is 0.152. The predicted octanol–water partition coefficient (Wildman–Crippen LogP) is 15.6. The van der Waals surface area contributed by atoms with Gasteiger partial charge >= 0.3 is 0 Å². The fourth-order valence-electron chi connectivity index (χ4n) is 9.00. The lowest BCUT2D eigenvalue weighted by Crippen LogP contribution is -2.14. The van der Waals surface area contributed by atoms with Crippen molar-refractivity contribution in [2.24, 2.45) is 0 Å². The van der Waals surface area contributed by atoms with Crippen molar-refractivity contribution in [1.29, 1.82) is 0 Å². The summed E-state index contributed by atoms with van der Waals surface area (Å²) in [7, 11) is 0. The standard InChI is InChI=1S/C62H53N3O2/c1-40-34-57(54(39-53(40)43-18-11-8-12-19-43)44-26-28-49(29-27-44)61(2,3)4)65-56-22-15-21-51(59(56)64-60(65)52-20-13-14-23-58(52)66)47-35-46(41-16-9-7-10-17-41)36-48(37-47)55-38-45(32-33-63-55)42-24-30-50(31-25-42)62(5,6)67/h7-39,66-67H,1-6H3/i1D3. The fraction of sp³-hybridized carbons (Fsp3) is 0.129. The summed E-state index contributed by atoms with van der Waals surface area (Å²) < 4.78 is 28.9. The number of hydrogen-bond donors (Lipinski definition) is 2. The van der Waals surface area contributed by atoms with E-state index in [1.165, 1.54) is 5.56 Å². The van der Waals surface area contributed by atoms with Gasteiger partial charge in [-0.3, -0.25) is 9.55 Å². The molecule has 0 radical (unpaired) electrons. The highest BCUT2D eigenvalue weighted by molar-refractivity contribution is 5.99. The van der Waals surface area contributed by atoms with Crippen LogP contribution in [0.5, 0.6) is 5.75 Å². The van der Waals surface area contributed by atoms with Gasteiger partial charge in [0.05, 0.1) is 33.6 Å². The van der Waals surface area contributed by atoms with Crippen LogP contribution in [0.1, 0.15) is 55.4 Å². The lowest BCUT2D eigenvalue weighted by Gasteiger charge is -2.21.